The first-order valence-electron chi connectivity index (χ1n) is 11.2. The van der Waals surface area contributed by atoms with E-state index in [1.54, 1.807) is 17.0 Å². The van der Waals surface area contributed by atoms with E-state index in [1.807, 2.05) is 6.07 Å². The Morgan fingerprint density at radius 2 is 1.94 bits per heavy atom. The van der Waals surface area contributed by atoms with Crippen molar-refractivity contribution in [2.75, 3.05) is 31.6 Å². The van der Waals surface area contributed by atoms with Crippen LogP contribution < -0.4 is 15.0 Å². The molecule has 176 valence electrons. The molecule has 2 N–H and O–H groups in total. The number of carboxylic acids is 1. The molecule has 4 rings (SSSR count). The lowest BCUT2D eigenvalue weighted by Gasteiger charge is -2.38. The molecule has 0 unspecified atom stereocenters. The highest BCUT2D eigenvalue weighted by Gasteiger charge is 2.45. The highest BCUT2D eigenvalue weighted by Crippen LogP contribution is 2.34. The third kappa shape index (κ3) is 4.80. The van der Waals surface area contributed by atoms with Crippen molar-refractivity contribution in [2.24, 2.45) is 0 Å². The van der Waals surface area contributed by atoms with Crippen molar-refractivity contribution in [3.8, 4) is 5.75 Å². The maximum atomic E-state index is 12.8. The van der Waals surface area contributed by atoms with E-state index >= 15 is 0 Å². The molecule has 2 fully saturated rings. The van der Waals surface area contributed by atoms with Crippen molar-refractivity contribution in [1.82, 2.24) is 10.2 Å². The second kappa shape index (κ2) is 9.23. The number of urea groups is 1. The summed E-state index contributed by atoms with van der Waals surface area (Å²) in [5, 5.41) is 13.3. The summed E-state index contributed by atoms with van der Waals surface area (Å²) in [6.07, 6.45) is 1.70. The average molecular weight is 472 g/mol. The van der Waals surface area contributed by atoms with Crippen molar-refractivity contribution in [2.45, 2.75) is 44.7 Å². The van der Waals surface area contributed by atoms with Gasteiger partial charge in [0.05, 0.1) is 19.2 Å². The van der Waals surface area contributed by atoms with Gasteiger partial charge in [-0.2, -0.15) is 0 Å². The molecule has 2 saturated heterocycles. The highest BCUT2D eigenvalue weighted by atomic mass is 35.5. The molecule has 2 aliphatic heterocycles. The largest absolute Gasteiger partial charge is 0.496 e. The number of amides is 2. The van der Waals surface area contributed by atoms with Gasteiger partial charge in [0.1, 0.15) is 11.3 Å². The Hall–Kier alpha value is -2.77. The fourth-order valence-electron chi connectivity index (χ4n) is 4.76. The van der Waals surface area contributed by atoms with Crippen LogP contribution in [0.4, 0.5) is 10.5 Å². The van der Waals surface area contributed by atoms with Gasteiger partial charge in [0, 0.05) is 36.4 Å². The third-order valence-electron chi connectivity index (χ3n) is 6.71. The molecule has 0 atom stereocenters. The van der Waals surface area contributed by atoms with E-state index < -0.39 is 5.97 Å². The summed E-state index contributed by atoms with van der Waals surface area (Å²) in [5.41, 5.74) is 2.85. The Kier molecular flexibility index (Phi) is 6.54. The van der Waals surface area contributed by atoms with Crippen molar-refractivity contribution in [3.63, 3.8) is 0 Å². The molecule has 2 heterocycles. The van der Waals surface area contributed by atoms with Gasteiger partial charge in [-0.25, -0.2) is 9.59 Å². The minimum Gasteiger partial charge on any atom is -0.496 e. The maximum absolute atomic E-state index is 12.8. The van der Waals surface area contributed by atoms with Gasteiger partial charge in [-0.3, -0.25) is 9.80 Å². The first kappa shape index (κ1) is 23.4. The molecular formula is C25H30ClN3O4. The minimum absolute atomic E-state index is 0.0756. The normalized spacial score (nSPS) is 18.1. The fourth-order valence-corrected chi connectivity index (χ4v) is 5.09. The summed E-state index contributed by atoms with van der Waals surface area (Å²) in [4.78, 5) is 28.3. The number of ether oxygens (including phenoxy) is 1. The maximum Gasteiger partial charge on any atom is 0.339 e. The number of carbonyl (C=O) groups is 2. The first-order valence-corrected chi connectivity index (χ1v) is 11.6. The number of halogens is 1. The number of hydrogen-bond donors (Lipinski definition) is 2. The number of rotatable bonds is 6. The van der Waals surface area contributed by atoms with E-state index in [-0.39, 0.29) is 22.9 Å². The zero-order chi connectivity index (χ0) is 23.8. The van der Waals surface area contributed by atoms with E-state index in [0.29, 0.717) is 18.2 Å². The molecule has 0 saturated carbocycles. The van der Waals surface area contributed by atoms with Gasteiger partial charge in [-0.1, -0.05) is 37.6 Å². The van der Waals surface area contributed by atoms with Crippen molar-refractivity contribution < 1.29 is 19.4 Å². The van der Waals surface area contributed by atoms with Gasteiger partial charge < -0.3 is 15.2 Å². The molecule has 1 spiro atoms. The van der Waals surface area contributed by atoms with Crippen LogP contribution in [0, 0.1) is 0 Å². The number of piperidine rings is 1. The van der Waals surface area contributed by atoms with Gasteiger partial charge >= 0.3 is 12.0 Å². The molecule has 2 aromatic rings. The van der Waals surface area contributed by atoms with Crippen molar-refractivity contribution in [3.05, 3.63) is 58.1 Å². The standard InChI is InChI=1S/C25H30ClN3O4/c1-16(2)20-12-17(4-7-21(20)26)14-28-10-8-25(9-11-28)15-29(24(32)27-25)18-5-6-19(23(30)31)22(13-18)33-3/h4-7,12-13,16H,8-11,14-15H2,1-3H3,(H,27,32)(H,30,31). The minimum atomic E-state index is -1.06. The Balaban J connectivity index is 1.42. The van der Waals surface area contributed by atoms with Gasteiger partial charge in [-0.05, 0) is 48.1 Å². The molecular weight excluding hydrogens is 442 g/mol. The topological polar surface area (TPSA) is 82.1 Å². The van der Waals surface area contributed by atoms with Gasteiger partial charge in [0.2, 0.25) is 0 Å². The second-order valence-electron chi connectivity index (χ2n) is 9.27. The molecule has 0 bridgehead atoms. The summed E-state index contributed by atoms with van der Waals surface area (Å²) in [7, 11) is 1.43. The molecule has 0 aromatic heterocycles. The zero-order valence-corrected chi connectivity index (χ0v) is 20.0. The lowest BCUT2D eigenvalue weighted by Crippen LogP contribution is -2.52. The molecule has 8 heteroatoms. The second-order valence-corrected chi connectivity index (χ2v) is 9.68. The predicted molar refractivity (Wildman–Crippen MR) is 129 cm³/mol. The fraction of sp³-hybridized carbons (Fsp3) is 0.440. The van der Waals surface area contributed by atoms with E-state index in [0.717, 1.165) is 37.5 Å². The smallest absolute Gasteiger partial charge is 0.339 e. The van der Waals surface area contributed by atoms with Gasteiger partial charge in [-0.15, -0.1) is 0 Å². The Bertz CT molecular complexity index is 1060. The summed E-state index contributed by atoms with van der Waals surface area (Å²) in [6, 6.07) is 10.9. The lowest BCUT2D eigenvalue weighted by molar-refractivity contribution is 0.0693. The molecule has 0 radical (unpaired) electrons. The number of anilines is 1. The number of methoxy groups -OCH3 is 1. The van der Waals surface area contributed by atoms with Crippen molar-refractivity contribution in [1.29, 1.82) is 0 Å². The van der Waals surface area contributed by atoms with E-state index in [4.69, 9.17) is 16.3 Å². The predicted octanol–water partition coefficient (Wildman–Crippen LogP) is 4.73. The Labute approximate surface area is 199 Å². The first-order chi connectivity index (χ1) is 15.7. The molecule has 2 amide bonds. The summed E-state index contributed by atoms with van der Waals surface area (Å²) < 4.78 is 5.23. The monoisotopic (exact) mass is 471 g/mol. The summed E-state index contributed by atoms with van der Waals surface area (Å²) >= 11 is 6.34. The number of nitrogens with one attached hydrogen (secondary N) is 1. The SMILES string of the molecule is COc1cc(N2CC3(CCN(Cc4ccc(Cl)c(C(C)C)c4)CC3)NC2=O)ccc1C(=O)O. The number of benzene rings is 2. The van der Waals surface area contributed by atoms with Crippen LogP contribution in [0.5, 0.6) is 5.75 Å². The van der Waals surface area contributed by atoms with Crippen LogP contribution in [0.2, 0.25) is 5.02 Å². The molecule has 2 aliphatic rings. The van der Waals surface area contributed by atoms with E-state index in [9.17, 15) is 14.7 Å². The van der Waals surface area contributed by atoms with Crippen LogP contribution in [0.3, 0.4) is 0 Å². The van der Waals surface area contributed by atoms with Crippen LogP contribution in [0.25, 0.3) is 0 Å². The van der Waals surface area contributed by atoms with Crippen LogP contribution in [-0.2, 0) is 6.54 Å². The zero-order valence-electron chi connectivity index (χ0n) is 19.2. The number of carboxylic acid groups (broad SMARTS) is 1. The molecule has 33 heavy (non-hydrogen) atoms. The number of carbonyl (C=O) groups excluding carboxylic acids is 1. The van der Waals surface area contributed by atoms with Crippen LogP contribution in [-0.4, -0.2) is 54.3 Å². The quantitative estimate of drug-likeness (QED) is 0.636. The summed E-state index contributed by atoms with van der Waals surface area (Å²) in [5.74, 6) is -0.438. The van der Waals surface area contributed by atoms with Crippen LogP contribution in [0.1, 0.15) is 54.1 Å². The Morgan fingerprint density at radius 1 is 1.21 bits per heavy atom. The number of aromatic carboxylic acids is 1. The molecule has 7 nitrogen and oxygen atoms in total. The molecule has 2 aromatic carbocycles. The molecule has 0 aliphatic carbocycles. The Morgan fingerprint density at radius 3 is 2.58 bits per heavy atom. The number of hydrogen-bond acceptors (Lipinski definition) is 4. The van der Waals surface area contributed by atoms with E-state index in [1.165, 1.54) is 24.3 Å². The number of likely N-dealkylation sites (tertiary alicyclic amines) is 1. The number of nitrogens with zero attached hydrogens (tertiary/aromatic N) is 2. The van der Waals surface area contributed by atoms with Crippen LogP contribution >= 0.6 is 11.6 Å². The van der Waals surface area contributed by atoms with Gasteiger partial charge in [0.25, 0.3) is 0 Å². The average Bonchev–Trinajstić information content (AvgIpc) is 3.11. The van der Waals surface area contributed by atoms with Gasteiger partial charge in [0.15, 0.2) is 0 Å². The van der Waals surface area contributed by atoms with Crippen LogP contribution in [0.15, 0.2) is 36.4 Å². The highest BCUT2D eigenvalue weighted by molar-refractivity contribution is 6.31. The summed E-state index contributed by atoms with van der Waals surface area (Å²) in [6.45, 7) is 7.47. The third-order valence-corrected chi connectivity index (χ3v) is 7.05. The van der Waals surface area contributed by atoms with Crippen molar-refractivity contribution >= 4 is 29.3 Å². The van der Waals surface area contributed by atoms with E-state index in [2.05, 4.69) is 36.2 Å². The lowest BCUT2D eigenvalue weighted by atomic mass is 9.88.